The van der Waals surface area contributed by atoms with Gasteiger partial charge in [0.15, 0.2) is 0 Å². The van der Waals surface area contributed by atoms with Crippen LogP contribution in [0, 0.1) is 19.8 Å². The Bertz CT molecular complexity index is 362. The van der Waals surface area contributed by atoms with Gasteiger partial charge in [-0.05, 0) is 42.9 Å². The van der Waals surface area contributed by atoms with Gasteiger partial charge in [0.25, 0.3) is 0 Å². The molecule has 14 heavy (non-hydrogen) atoms. The molecular weight excluding hydrogens is 176 g/mol. The van der Waals surface area contributed by atoms with Gasteiger partial charge in [0.1, 0.15) is 0 Å². The molecule has 2 rings (SSSR count). The van der Waals surface area contributed by atoms with Gasteiger partial charge >= 0.3 is 5.97 Å². The first-order valence-electron chi connectivity index (χ1n) is 4.90. The molecule has 2 atom stereocenters. The fourth-order valence-corrected chi connectivity index (χ4v) is 2.20. The lowest BCUT2D eigenvalue weighted by Crippen LogP contribution is -2.00. The number of rotatable bonds is 2. The quantitative estimate of drug-likeness (QED) is 0.778. The van der Waals surface area contributed by atoms with Crippen LogP contribution in [0.2, 0.25) is 0 Å². The summed E-state index contributed by atoms with van der Waals surface area (Å²) in [6.45, 7) is 4.11. The van der Waals surface area contributed by atoms with Gasteiger partial charge in [0, 0.05) is 0 Å². The summed E-state index contributed by atoms with van der Waals surface area (Å²) in [4.78, 5) is 10.8. The first-order chi connectivity index (χ1) is 6.61. The lowest BCUT2D eigenvalue weighted by atomic mass is 9.98. The monoisotopic (exact) mass is 190 g/mol. The molecule has 1 aromatic rings. The number of hydrogen-bond donors (Lipinski definition) is 1. The predicted molar refractivity (Wildman–Crippen MR) is 54.4 cm³/mol. The van der Waals surface area contributed by atoms with Crippen molar-refractivity contribution in [2.75, 3.05) is 0 Å². The Labute approximate surface area is 83.6 Å². The molecule has 2 heteroatoms. The van der Waals surface area contributed by atoms with E-state index in [1.54, 1.807) is 0 Å². The van der Waals surface area contributed by atoms with E-state index in [-0.39, 0.29) is 11.8 Å². The van der Waals surface area contributed by atoms with E-state index in [4.69, 9.17) is 5.11 Å². The second-order valence-electron chi connectivity index (χ2n) is 4.09. The van der Waals surface area contributed by atoms with Crippen molar-refractivity contribution < 1.29 is 9.90 Å². The summed E-state index contributed by atoms with van der Waals surface area (Å²) in [6, 6.07) is 6.13. The average molecular weight is 190 g/mol. The zero-order valence-corrected chi connectivity index (χ0v) is 8.45. The summed E-state index contributed by atoms with van der Waals surface area (Å²) in [5.41, 5.74) is 3.69. The van der Waals surface area contributed by atoms with Gasteiger partial charge in [-0.25, -0.2) is 0 Å². The molecule has 74 valence electrons. The summed E-state index contributed by atoms with van der Waals surface area (Å²) in [7, 11) is 0. The van der Waals surface area contributed by atoms with Gasteiger partial charge < -0.3 is 5.11 Å². The minimum Gasteiger partial charge on any atom is -0.481 e. The van der Waals surface area contributed by atoms with Crippen LogP contribution in [-0.4, -0.2) is 11.1 Å². The molecule has 1 fully saturated rings. The molecule has 1 aliphatic carbocycles. The number of aliphatic carboxylic acids is 1. The highest BCUT2D eigenvalue weighted by atomic mass is 16.4. The Balaban J connectivity index is 2.31. The SMILES string of the molecule is Cc1cccc(C)c1[C@@H]1C[C@H]1C(=O)O. The molecule has 0 bridgehead atoms. The zero-order chi connectivity index (χ0) is 10.3. The van der Waals surface area contributed by atoms with E-state index in [1.165, 1.54) is 16.7 Å². The van der Waals surface area contributed by atoms with Crippen molar-refractivity contribution in [2.24, 2.45) is 5.92 Å². The van der Waals surface area contributed by atoms with E-state index in [1.807, 2.05) is 6.07 Å². The fourth-order valence-electron chi connectivity index (χ4n) is 2.20. The van der Waals surface area contributed by atoms with Crippen molar-refractivity contribution in [1.29, 1.82) is 0 Å². The number of hydrogen-bond acceptors (Lipinski definition) is 1. The van der Waals surface area contributed by atoms with Crippen LogP contribution in [-0.2, 0) is 4.79 Å². The van der Waals surface area contributed by atoms with Crippen molar-refractivity contribution >= 4 is 5.97 Å². The standard InChI is InChI=1S/C12H14O2/c1-7-4-3-5-8(2)11(7)9-6-10(9)12(13)14/h3-5,9-10H,6H2,1-2H3,(H,13,14)/t9-,10-/m1/s1. The number of carboxylic acids is 1. The summed E-state index contributed by atoms with van der Waals surface area (Å²) >= 11 is 0. The Morgan fingerprint density at radius 1 is 1.36 bits per heavy atom. The maximum atomic E-state index is 10.8. The van der Waals surface area contributed by atoms with E-state index in [0.717, 1.165) is 6.42 Å². The molecule has 1 N–H and O–H groups in total. The van der Waals surface area contributed by atoms with E-state index in [0.29, 0.717) is 0 Å². The molecule has 0 amide bonds. The second-order valence-corrected chi connectivity index (χ2v) is 4.09. The Morgan fingerprint density at radius 3 is 2.36 bits per heavy atom. The second kappa shape index (κ2) is 3.12. The number of carboxylic acid groups (broad SMARTS) is 1. The van der Waals surface area contributed by atoms with Crippen LogP contribution in [0.3, 0.4) is 0 Å². The Morgan fingerprint density at radius 2 is 1.93 bits per heavy atom. The third kappa shape index (κ3) is 1.41. The molecule has 2 nitrogen and oxygen atoms in total. The lowest BCUT2D eigenvalue weighted by Gasteiger charge is -2.07. The molecule has 1 saturated carbocycles. The highest BCUT2D eigenvalue weighted by Gasteiger charge is 2.45. The molecule has 0 spiro atoms. The van der Waals surface area contributed by atoms with Gasteiger partial charge in [0.05, 0.1) is 5.92 Å². The van der Waals surface area contributed by atoms with Crippen LogP contribution in [0.1, 0.15) is 29.0 Å². The van der Waals surface area contributed by atoms with Crippen LogP contribution in [0.25, 0.3) is 0 Å². The average Bonchev–Trinajstić information content (AvgIpc) is 2.83. The van der Waals surface area contributed by atoms with Crippen LogP contribution in [0.4, 0.5) is 0 Å². The fraction of sp³-hybridized carbons (Fsp3) is 0.417. The highest BCUT2D eigenvalue weighted by Crippen LogP contribution is 2.49. The molecule has 0 radical (unpaired) electrons. The van der Waals surface area contributed by atoms with E-state index >= 15 is 0 Å². The van der Waals surface area contributed by atoms with Crippen molar-refractivity contribution in [3.05, 3.63) is 34.9 Å². The van der Waals surface area contributed by atoms with E-state index in [2.05, 4.69) is 26.0 Å². The number of carbonyl (C=O) groups is 1. The summed E-state index contributed by atoms with van der Waals surface area (Å²) in [5.74, 6) is -0.541. The predicted octanol–water partition coefficient (Wildman–Crippen LogP) is 2.49. The normalized spacial score (nSPS) is 24.7. The van der Waals surface area contributed by atoms with Crippen molar-refractivity contribution in [3.63, 3.8) is 0 Å². The minimum atomic E-state index is -0.655. The Kier molecular flexibility index (Phi) is 2.06. The lowest BCUT2D eigenvalue weighted by molar-refractivity contribution is -0.138. The molecule has 0 heterocycles. The van der Waals surface area contributed by atoms with Gasteiger partial charge in [-0.2, -0.15) is 0 Å². The largest absolute Gasteiger partial charge is 0.481 e. The molecular formula is C12H14O2. The van der Waals surface area contributed by atoms with Gasteiger partial charge in [-0.15, -0.1) is 0 Å². The Hall–Kier alpha value is -1.31. The molecule has 0 aliphatic heterocycles. The van der Waals surface area contributed by atoms with Gasteiger partial charge in [0.2, 0.25) is 0 Å². The van der Waals surface area contributed by atoms with Gasteiger partial charge in [-0.1, -0.05) is 18.2 Å². The van der Waals surface area contributed by atoms with Crippen LogP contribution in [0.5, 0.6) is 0 Å². The topological polar surface area (TPSA) is 37.3 Å². The zero-order valence-electron chi connectivity index (χ0n) is 8.45. The molecule has 0 aromatic heterocycles. The maximum Gasteiger partial charge on any atom is 0.307 e. The van der Waals surface area contributed by atoms with Crippen molar-refractivity contribution in [3.8, 4) is 0 Å². The molecule has 0 unspecified atom stereocenters. The highest BCUT2D eigenvalue weighted by molar-refractivity contribution is 5.75. The molecule has 1 aromatic carbocycles. The smallest absolute Gasteiger partial charge is 0.307 e. The van der Waals surface area contributed by atoms with Crippen molar-refractivity contribution in [2.45, 2.75) is 26.2 Å². The third-order valence-corrected chi connectivity index (χ3v) is 3.02. The molecule has 1 aliphatic rings. The summed E-state index contributed by atoms with van der Waals surface area (Å²) < 4.78 is 0. The van der Waals surface area contributed by atoms with E-state index < -0.39 is 5.97 Å². The summed E-state index contributed by atoms with van der Waals surface area (Å²) in [5, 5.41) is 8.87. The van der Waals surface area contributed by atoms with E-state index in [9.17, 15) is 4.79 Å². The van der Waals surface area contributed by atoms with Gasteiger partial charge in [-0.3, -0.25) is 4.79 Å². The first-order valence-corrected chi connectivity index (χ1v) is 4.90. The van der Waals surface area contributed by atoms with Crippen LogP contribution in [0.15, 0.2) is 18.2 Å². The van der Waals surface area contributed by atoms with Crippen molar-refractivity contribution in [1.82, 2.24) is 0 Å². The maximum absolute atomic E-state index is 10.8. The summed E-state index contributed by atoms with van der Waals surface area (Å²) in [6.07, 6.45) is 0.807. The first kappa shape index (κ1) is 9.25. The minimum absolute atomic E-state index is 0.144. The number of benzene rings is 1. The van der Waals surface area contributed by atoms with Crippen LogP contribution >= 0.6 is 0 Å². The number of aryl methyl sites for hydroxylation is 2. The molecule has 0 saturated heterocycles. The van der Waals surface area contributed by atoms with Crippen LogP contribution < -0.4 is 0 Å². The third-order valence-electron chi connectivity index (χ3n) is 3.02.